The van der Waals surface area contributed by atoms with Gasteiger partial charge in [-0.1, -0.05) is 38.1 Å². The van der Waals surface area contributed by atoms with Gasteiger partial charge in [-0.25, -0.2) is 0 Å². The third-order valence-electron chi connectivity index (χ3n) is 3.07. The highest BCUT2D eigenvalue weighted by atomic mass is 16.2. The number of hydrogen-bond donors (Lipinski definition) is 1. The maximum Gasteiger partial charge on any atom is 0.240 e. The smallest absolute Gasteiger partial charge is 0.240 e. The number of benzene rings is 1. The quantitative estimate of drug-likeness (QED) is 0.817. The first-order valence-electron chi connectivity index (χ1n) is 6.18. The van der Waals surface area contributed by atoms with Crippen molar-refractivity contribution < 1.29 is 9.59 Å². The fourth-order valence-corrected chi connectivity index (χ4v) is 2.07. The Labute approximate surface area is 107 Å². The summed E-state index contributed by atoms with van der Waals surface area (Å²) in [6, 6.07) is 8.33. The van der Waals surface area contributed by atoms with Crippen LogP contribution in [0.1, 0.15) is 30.9 Å². The Hall–Kier alpha value is -1.68. The summed E-state index contributed by atoms with van der Waals surface area (Å²) in [5.41, 5.74) is 2.42. The fourth-order valence-electron chi connectivity index (χ4n) is 2.07. The highest BCUT2D eigenvalue weighted by molar-refractivity contribution is 5.99. The molecule has 0 bridgehead atoms. The van der Waals surface area contributed by atoms with Gasteiger partial charge in [0.25, 0.3) is 0 Å². The van der Waals surface area contributed by atoms with Crippen molar-refractivity contribution in [2.45, 2.75) is 26.3 Å². The Kier molecular flexibility index (Phi) is 3.77. The van der Waals surface area contributed by atoms with Crippen molar-refractivity contribution in [1.82, 2.24) is 10.2 Å². The fraction of sp³-hybridized carbons (Fsp3) is 0.429. The summed E-state index contributed by atoms with van der Waals surface area (Å²) in [7, 11) is 0. The molecule has 0 radical (unpaired) electrons. The minimum absolute atomic E-state index is 0.218. The van der Waals surface area contributed by atoms with E-state index < -0.39 is 0 Å². The number of rotatable bonds is 3. The average Bonchev–Trinajstić information content (AvgIpc) is 2.28. The zero-order chi connectivity index (χ0) is 13.1. The molecule has 4 heteroatoms. The van der Waals surface area contributed by atoms with Gasteiger partial charge in [-0.15, -0.1) is 0 Å². The van der Waals surface area contributed by atoms with Crippen LogP contribution in [-0.4, -0.2) is 29.8 Å². The van der Waals surface area contributed by atoms with E-state index >= 15 is 0 Å². The SMILES string of the molecule is CC(C)c1ccc(CN2CC(=O)NC(=O)C2)cc1. The van der Waals surface area contributed by atoms with E-state index in [1.165, 1.54) is 5.56 Å². The number of nitrogens with zero attached hydrogens (tertiary/aromatic N) is 1. The lowest BCUT2D eigenvalue weighted by molar-refractivity contribution is -0.136. The van der Waals surface area contributed by atoms with E-state index in [4.69, 9.17) is 0 Å². The molecule has 2 rings (SSSR count). The molecule has 0 saturated carbocycles. The van der Waals surface area contributed by atoms with Crippen LogP contribution in [0.2, 0.25) is 0 Å². The minimum Gasteiger partial charge on any atom is -0.294 e. The highest BCUT2D eigenvalue weighted by Gasteiger charge is 2.22. The Morgan fingerprint density at radius 3 is 2.17 bits per heavy atom. The van der Waals surface area contributed by atoms with Gasteiger partial charge in [0, 0.05) is 6.54 Å². The molecule has 0 spiro atoms. The molecule has 1 aromatic rings. The first-order chi connectivity index (χ1) is 8.54. The molecule has 1 aliphatic rings. The molecular weight excluding hydrogens is 228 g/mol. The van der Waals surface area contributed by atoms with Gasteiger partial charge in [0.15, 0.2) is 0 Å². The van der Waals surface area contributed by atoms with Gasteiger partial charge in [-0.2, -0.15) is 0 Å². The largest absolute Gasteiger partial charge is 0.294 e. The molecular formula is C14H18N2O2. The molecule has 1 N–H and O–H groups in total. The van der Waals surface area contributed by atoms with E-state index in [2.05, 4.69) is 43.4 Å². The van der Waals surface area contributed by atoms with E-state index in [0.717, 1.165) is 5.56 Å². The van der Waals surface area contributed by atoms with Crippen molar-refractivity contribution >= 4 is 11.8 Å². The Morgan fingerprint density at radius 1 is 1.11 bits per heavy atom. The maximum absolute atomic E-state index is 11.2. The lowest BCUT2D eigenvalue weighted by Gasteiger charge is -2.25. The summed E-state index contributed by atoms with van der Waals surface area (Å²) in [5, 5.41) is 2.30. The van der Waals surface area contributed by atoms with E-state index in [9.17, 15) is 9.59 Å². The van der Waals surface area contributed by atoms with Crippen molar-refractivity contribution in [1.29, 1.82) is 0 Å². The van der Waals surface area contributed by atoms with Crippen LogP contribution >= 0.6 is 0 Å². The molecule has 0 aromatic heterocycles. The molecule has 18 heavy (non-hydrogen) atoms. The van der Waals surface area contributed by atoms with Gasteiger partial charge in [0.05, 0.1) is 13.1 Å². The summed E-state index contributed by atoms with van der Waals surface area (Å²) < 4.78 is 0. The van der Waals surface area contributed by atoms with Gasteiger partial charge in [-0.3, -0.25) is 19.8 Å². The van der Waals surface area contributed by atoms with Crippen molar-refractivity contribution in [3.05, 3.63) is 35.4 Å². The van der Waals surface area contributed by atoms with Crippen LogP contribution in [-0.2, 0) is 16.1 Å². The molecule has 2 amide bonds. The molecule has 96 valence electrons. The normalized spacial score (nSPS) is 17.1. The van der Waals surface area contributed by atoms with Crippen LogP contribution in [0.15, 0.2) is 24.3 Å². The first-order valence-corrected chi connectivity index (χ1v) is 6.18. The zero-order valence-electron chi connectivity index (χ0n) is 10.8. The third kappa shape index (κ3) is 3.17. The van der Waals surface area contributed by atoms with Crippen LogP contribution < -0.4 is 5.32 Å². The van der Waals surface area contributed by atoms with E-state index in [1.54, 1.807) is 0 Å². The molecule has 1 aliphatic heterocycles. The van der Waals surface area contributed by atoms with Crippen molar-refractivity contribution in [2.75, 3.05) is 13.1 Å². The summed E-state index contributed by atoms with van der Waals surface area (Å²) >= 11 is 0. The number of carbonyl (C=O) groups excluding carboxylic acids is 2. The molecule has 0 aliphatic carbocycles. The van der Waals surface area contributed by atoms with Gasteiger partial charge < -0.3 is 0 Å². The average molecular weight is 246 g/mol. The molecule has 1 saturated heterocycles. The lowest BCUT2D eigenvalue weighted by Crippen LogP contribution is -2.50. The van der Waals surface area contributed by atoms with E-state index in [0.29, 0.717) is 12.5 Å². The molecule has 1 aromatic carbocycles. The van der Waals surface area contributed by atoms with Crippen molar-refractivity contribution in [3.63, 3.8) is 0 Å². The summed E-state index contributed by atoms with van der Waals surface area (Å²) in [6.07, 6.45) is 0. The lowest BCUT2D eigenvalue weighted by atomic mass is 10.0. The van der Waals surface area contributed by atoms with Gasteiger partial charge in [0.2, 0.25) is 11.8 Å². The van der Waals surface area contributed by atoms with Gasteiger partial charge in [0.1, 0.15) is 0 Å². The van der Waals surface area contributed by atoms with Crippen LogP contribution in [0.5, 0.6) is 0 Å². The first kappa shape index (κ1) is 12.8. The predicted octanol–water partition coefficient (Wildman–Crippen LogP) is 1.27. The van der Waals surface area contributed by atoms with Crippen LogP contribution in [0, 0.1) is 0 Å². The van der Waals surface area contributed by atoms with Crippen molar-refractivity contribution in [2.24, 2.45) is 0 Å². The van der Waals surface area contributed by atoms with Crippen LogP contribution in [0.4, 0.5) is 0 Å². The summed E-state index contributed by atoms with van der Waals surface area (Å²) in [5.74, 6) is 0.0801. The van der Waals surface area contributed by atoms with Crippen LogP contribution in [0.25, 0.3) is 0 Å². The predicted molar refractivity (Wildman–Crippen MR) is 69.0 cm³/mol. The summed E-state index contributed by atoms with van der Waals surface area (Å²) in [4.78, 5) is 24.3. The molecule has 4 nitrogen and oxygen atoms in total. The molecule has 1 heterocycles. The highest BCUT2D eigenvalue weighted by Crippen LogP contribution is 2.15. The number of amides is 2. The van der Waals surface area contributed by atoms with E-state index in [1.807, 2.05) is 4.90 Å². The number of piperazine rings is 1. The molecule has 1 fully saturated rings. The minimum atomic E-state index is -0.218. The number of nitrogens with one attached hydrogen (secondary N) is 1. The number of carbonyl (C=O) groups is 2. The zero-order valence-corrected chi connectivity index (χ0v) is 10.8. The monoisotopic (exact) mass is 246 g/mol. The summed E-state index contributed by atoms with van der Waals surface area (Å²) in [6.45, 7) is 5.53. The van der Waals surface area contributed by atoms with Gasteiger partial charge >= 0.3 is 0 Å². The van der Waals surface area contributed by atoms with E-state index in [-0.39, 0.29) is 24.9 Å². The van der Waals surface area contributed by atoms with Gasteiger partial charge in [-0.05, 0) is 17.0 Å². The number of hydrogen-bond acceptors (Lipinski definition) is 3. The Bertz CT molecular complexity index is 435. The number of imide groups is 1. The van der Waals surface area contributed by atoms with Crippen LogP contribution in [0.3, 0.4) is 0 Å². The standard InChI is InChI=1S/C14H18N2O2/c1-10(2)12-5-3-11(4-6-12)7-16-8-13(17)15-14(18)9-16/h3-6,10H,7-9H2,1-2H3,(H,15,17,18). The Morgan fingerprint density at radius 2 is 1.67 bits per heavy atom. The Balaban J connectivity index is 2.00. The third-order valence-corrected chi connectivity index (χ3v) is 3.07. The topological polar surface area (TPSA) is 49.4 Å². The second-order valence-corrected chi connectivity index (χ2v) is 5.01. The second-order valence-electron chi connectivity index (χ2n) is 5.01. The van der Waals surface area contributed by atoms with Crippen molar-refractivity contribution in [3.8, 4) is 0 Å². The maximum atomic E-state index is 11.2. The molecule has 0 atom stereocenters. The second kappa shape index (κ2) is 5.31. The molecule has 0 unspecified atom stereocenters.